The molecule has 2 aliphatic rings. The molecule has 8 bridgehead atoms. The van der Waals surface area contributed by atoms with E-state index in [-0.39, 0.29) is 37.3 Å². The summed E-state index contributed by atoms with van der Waals surface area (Å²) in [6.45, 7) is 0. The maximum Gasteiger partial charge on any atom is 0.0658 e. The number of hydrogen-bond acceptors (Lipinski definition) is 2. The van der Waals surface area contributed by atoms with Gasteiger partial charge in [-0.2, -0.15) is 0 Å². The monoisotopic (exact) mass is 476 g/mol. The van der Waals surface area contributed by atoms with Gasteiger partial charge in [0.15, 0.2) is 0 Å². The Morgan fingerprint density at radius 3 is 1.04 bits per heavy atom. The van der Waals surface area contributed by atoms with Crippen LogP contribution in [0.3, 0.4) is 0 Å². The Morgan fingerprint density at radius 1 is 0.480 bits per heavy atom. The summed E-state index contributed by atoms with van der Waals surface area (Å²) >= 11 is 0. The van der Waals surface area contributed by atoms with Crippen LogP contribution in [0.4, 0.5) is 0 Å². The predicted octanol–water partition coefficient (Wildman–Crippen LogP) is 4.66. The van der Waals surface area contributed by atoms with E-state index in [1.165, 1.54) is 0 Å². The van der Waals surface area contributed by atoms with Crippen molar-refractivity contribution >= 4 is 46.4 Å². The number of aromatic amines is 2. The molecule has 0 radical (unpaired) electrons. The van der Waals surface area contributed by atoms with Crippen molar-refractivity contribution in [2.24, 2.45) is 0 Å². The molecule has 0 saturated carbocycles. The molecule has 0 unspecified atom stereocenters. The molecule has 2 N–H and O–H groups in total. The fourth-order valence-corrected chi connectivity index (χ4v) is 2.94. The zero-order valence-electron chi connectivity index (χ0n) is 13.1. The van der Waals surface area contributed by atoms with Gasteiger partial charge in [-0.3, -0.25) is 0 Å². The van der Waals surface area contributed by atoms with E-state index in [1.54, 1.807) is 0 Å². The molecule has 25 heavy (non-hydrogen) atoms. The van der Waals surface area contributed by atoms with Crippen molar-refractivity contribution < 1.29 is 37.3 Å². The number of hydrogen-bond donors (Lipinski definition) is 2. The predicted molar refractivity (Wildman–Crippen MR) is 98.9 cm³/mol. The van der Waals surface area contributed by atoms with E-state index >= 15 is 0 Å². The number of nitrogens with one attached hydrogen (secondary N) is 2. The fraction of sp³-hybridized carbons (Fsp3) is 0. The average Bonchev–Trinajstić information content (AvgIpc) is 3.32. The first-order valence-corrected chi connectivity index (χ1v) is 7.85. The topological polar surface area (TPSA) is 57.4 Å². The van der Waals surface area contributed by atoms with E-state index in [2.05, 4.69) is 44.2 Å². The van der Waals surface area contributed by atoms with Gasteiger partial charge >= 0.3 is 0 Å². The second-order valence-electron chi connectivity index (χ2n) is 5.91. The Hall–Kier alpha value is -2.15. The SMILES string of the molecule is C1=Cc2cc3ccc(cc4nc(cc5ccc(cc1n2)[nH]5)C=C4)[nH]3.[Er]. The van der Waals surface area contributed by atoms with Crippen molar-refractivity contribution in [2.45, 2.75) is 0 Å². The van der Waals surface area contributed by atoms with Gasteiger partial charge < -0.3 is 9.97 Å². The Bertz CT molecular complexity index is 990. The average molecular weight is 478 g/mol. The maximum atomic E-state index is 4.63. The summed E-state index contributed by atoms with van der Waals surface area (Å²) in [5, 5.41) is 0. The number of fused-ring (bicyclic) bond motifs is 8. The van der Waals surface area contributed by atoms with Crippen molar-refractivity contribution in [3.05, 3.63) is 71.3 Å². The zero-order valence-corrected chi connectivity index (χ0v) is 15.0. The summed E-state index contributed by atoms with van der Waals surface area (Å²) < 4.78 is 0. The molecule has 0 aromatic carbocycles. The van der Waals surface area contributed by atoms with Crippen LogP contribution < -0.4 is 0 Å². The number of rotatable bonds is 0. The third-order valence-corrected chi connectivity index (χ3v) is 4.04. The molecule has 4 nitrogen and oxygen atoms in total. The Kier molecular flexibility index (Phi) is 4.33. The van der Waals surface area contributed by atoms with Gasteiger partial charge in [0.05, 0.1) is 22.8 Å². The quantitative estimate of drug-likeness (QED) is 0.341. The molecule has 0 saturated heterocycles. The van der Waals surface area contributed by atoms with Gasteiger partial charge in [0.1, 0.15) is 0 Å². The van der Waals surface area contributed by atoms with Gasteiger partial charge in [0.2, 0.25) is 0 Å². The second-order valence-corrected chi connectivity index (χ2v) is 5.91. The molecule has 0 aliphatic carbocycles. The van der Waals surface area contributed by atoms with Crippen LogP contribution in [0.25, 0.3) is 46.4 Å². The molecule has 5 heterocycles. The van der Waals surface area contributed by atoms with Crippen LogP contribution in [0, 0.1) is 37.3 Å². The molecule has 2 aliphatic heterocycles. The molecular formula is C20H14ErN4. The summed E-state index contributed by atoms with van der Waals surface area (Å²) in [6.07, 6.45) is 8.09. The third kappa shape index (κ3) is 3.46. The Balaban J connectivity index is 0.00000157. The van der Waals surface area contributed by atoms with E-state index in [0.717, 1.165) is 44.8 Å². The van der Waals surface area contributed by atoms with E-state index in [0.29, 0.717) is 0 Å². The van der Waals surface area contributed by atoms with Gasteiger partial charge in [0, 0.05) is 59.4 Å². The molecular weight excluding hydrogens is 464 g/mol. The van der Waals surface area contributed by atoms with Crippen LogP contribution >= 0.6 is 0 Å². The summed E-state index contributed by atoms with van der Waals surface area (Å²) in [5.74, 6) is 0. The summed E-state index contributed by atoms with van der Waals surface area (Å²) in [7, 11) is 0. The first-order chi connectivity index (χ1) is 11.8. The molecule has 3 aromatic heterocycles. The number of H-pyrrole nitrogens is 2. The first-order valence-electron chi connectivity index (χ1n) is 7.85. The molecule has 5 heteroatoms. The molecule has 5 rings (SSSR count). The Morgan fingerprint density at radius 2 is 0.760 bits per heavy atom. The zero-order chi connectivity index (χ0) is 15.9. The first kappa shape index (κ1) is 16.3. The van der Waals surface area contributed by atoms with Crippen molar-refractivity contribution in [1.82, 2.24) is 19.9 Å². The van der Waals surface area contributed by atoms with Gasteiger partial charge in [-0.05, 0) is 72.8 Å². The summed E-state index contributed by atoms with van der Waals surface area (Å²) in [6, 6.07) is 16.4. The van der Waals surface area contributed by atoms with E-state index < -0.39 is 0 Å². The van der Waals surface area contributed by atoms with Gasteiger partial charge in [0.25, 0.3) is 0 Å². The minimum Gasteiger partial charge on any atom is -0.355 e. The smallest absolute Gasteiger partial charge is 0.0658 e. The van der Waals surface area contributed by atoms with Crippen LogP contribution in [-0.2, 0) is 0 Å². The van der Waals surface area contributed by atoms with Crippen LogP contribution in [0.2, 0.25) is 0 Å². The molecule has 0 amide bonds. The van der Waals surface area contributed by atoms with Crippen LogP contribution in [0.15, 0.2) is 48.5 Å². The molecule has 126 valence electrons. The number of nitrogens with zero attached hydrogens (tertiary/aromatic N) is 2. The van der Waals surface area contributed by atoms with E-state index in [9.17, 15) is 0 Å². The maximum absolute atomic E-state index is 4.63. The van der Waals surface area contributed by atoms with Gasteiger partial charge in [-0.15, -0.1) is 0 Å². The molecule has 3 aromatic rings. The van der Waals surface area contributed by atoms with Gasteiger partial charge in [-0.1, -0.05) is 0 Å². The second kappa shape index (κ2) is 6.63. The summed E-state index contributed by atoms with van der Waals surface area (Å²) in [4.78, 5) is 16.0. The third-order valence-electron chi connectivity index (χ3n) is 4.04. The van der Waals surface area contributed by atoms with Crippen LogP contribution in [0.5, 0.6) is 0 Å². The van der Waals surface area contributed by atoms with Gasteiger partial charge in [-0.25, -0.2) is 9.97 Å². The largest absolute Gasteiger partial charge is 0.355 e. The summed E-state index contributed by atoms with van der Waals surface area (Å²) in [5.41, 5.74) is 7.86. The minimum atomic E-state index is 0. The Labute approximate surface area is 174 Å². The minimum absolute atomic E-state index is 0. The van der Waals surface area contributed by atoms with E-state index in [1.807, 2.05) is 48.6 Å². The molecule has 0 fully saturated rings. The van der Waals surface area contributed by atoms with Crippen molar-refractivity contribution in [1.29, 1.82) is 0 Å². The van der Waals surface area contributed by atoms with Crippen molar-refractivity contribution in [2.75, 3.05) is 0 Å². The number of aromatic nitrogens is 4. The van der Waals surface area contributed by atoms with Crippen LogP contribution in [0.1, 0.15) is 22.8 Å². The van der Waals surface area contributed by atoms with Crippen molar-refractivity contribution in [3.63, 3.8) is 0 Å². The standard InChI is InChI=1S/C20H14N4.Er/c1-2-14-10-16-5-6-18(23-16)12-20-8-7-19(24-20)11-17-4-3-15(22-17)9-13(1)21-14;/h1-12,21,24H;. The van der Waals surface area contributed by atoms with Crippen LogP contribution in [-0.4, -0.2) is 19.9 Å². The van der Waals surface area contributed by atoms with E-state index in [4.69, 9.17) is 0 Å². The fourth-order valence-electron chi connectivity index (χ4n) is 2.94. The van der Waals surface area contributed by atoms with Crippen molar-refractivity contribution in [3.8, 4) is 0 Å². The normalized spacial score (nSPS) is 12.2. The molecule has 0 atom stereocenters. The molecule has 0 spiro atoms.